The van der Waals surface area contributed by atoms with Crippen LogP contribution in [0.4, 0.5) is 0 Å². The average Bonchev–Trinajstić information content (AvgIpc) is 2.64. The SMILES string of the molecule is C=Cc1nc(-c2cc(Cl)cc(Cl)c2)no1. The van der Waals surface area contributed by atoms with Gasteiger partial charge in [-0.15, -0.1) is 0 Å². The predicted molar refractivity (Wildman–Crippen MR) is 59.8 cm³/mol. The van der Waals surface area contributed by atoms with Gasteiger partial charge >= 0.3 is 0 Å². The molecule has 0 fully saturated rings. The predicted octanol–water partition coefficient (Wildman–Crippen LogP) is 3.69. The first-order valence-corrected chi connectivity index (χ1v) is 4.87. The summed E-state index contributed by atoms with van der Waals surface area (Å²) in [5.74, 6) is 0.801. The molecule has 2 aromatic rings. The van der Waals surface area contributed by atoms with Crippen LogP contribution in [0, 0.1) is 0 Å². The molecule has 15 heavy (non-hydrogen) atoms. The third kappa shape index (κ3) is 2.19. The second-order valence-electron chi connectivity index (χ2n) is 2.82. The van der Waals surface area contributed by atoms with E-state index in [0.717, 1.165) is 0 Å². The zero-order chi connectivity index (χ0) is 10.8. The molecule has 0 bridgehead atoms. The lowest BCUT2D eigenvalue weighted by Gasteiger charge is -1.96. The summed E-state index contributed by atoms with van der Waals surface area (Å²) in [5.41, 5.74) is 0.712. The van der Waals surface area contributed by atoms with Gasteiger partial charge in [0.15, 0.2) is 0 Å². The first kappa shape index (κ1) is 10.2. The van der Waals surface area contributed by atoms with E-state index < -0.39 is 0 Å². The van der Waals surface area contributed by atoms with Gasteiger partial charge in [-0.3, -0.25) is 0 Å². The van der Waals surface area contributed by atoms with Gasteiger partial charge in [0.25, 0.3) is 0 Å². The van der Waals surface area contributed by atoms with Gasteiger partial charge in [0.2, 0.25) is 11.7 Å². The van der Waals surface area contributed by atoms with E-state index in [2.05, 4.69) is 16.7 Å². The highest BCUT2D eigenvalue weighted by atomic mass is 35.5. The topological polar surface area (TPSA) is 38.9 Å². The van der Waals surface area contributed by atoms with Crippen LogP contribution in [0.1, 0.15) is 5.89 Å². The Hall–Kier alpha value is -1.32. The second kappa shape index (κ2) is 4.04. The summed E-state index contributed by atoms with van der Waals surface area (Å²) in [4.78, 5) is 4.07. The van der Waals surface area contributed by atoms with Crippen molar-refractivity contribution in [2.45, 2.75) is 0 Å². The van der Waals surface area contributed by atoms with E-state index in [1.165, 1.54) is 6.08 Å². The number of rotatable bonds is 2. The average molecular weight is 241 g/mol. The summed E-state index contributed by atoms with van der Waals surface area (Å²) in [6.07, 6.45) is 1.47. The Morgan fingerprint density at radius 1 is 1.20 bits per heavy atom. The van der Waals surface area contributed by atoms with Crippen LogP contribution in [0.25, 0.3) is 17.5 Å². The van der Waals surface area contributed by atoms with E-state index in [1.54, 1.807) is 18.2 Å². The van der Waals surface area contributed by atoms with Crippen LogP contribution in [0.2, 0.25) is 10.0 Å². The maximum atomic E-state index is 5.85. The fraction of sp³-hybridized carbons (Fsp3) is 0. The van der Waals surface area contributed by atoms with E-state index in [1.807, 2.05) is 0 Å². The minimum atomic E-state index is 0.362. The van der Waals surface area contributed by atoms with Crippen LogP contribution >= 0.6 is 23.2 Å². The number of hydrogen-bond donors (Lipinski definition) is 0. The second-order valence-corrected chi connectivity index (χ2v) is 3.69. The third-order valence-corrected chi connectivity index (χ3v) is 2.17. The highest BCUT2D eigenvalue weighted by molar-refractivity contribution is 6.35. The van der Waals surface area contributed by atoms with Crippen LogP contribution in [-0.4, -0.2) is 10.1 Å². The fourth-order valence-electron chi connectivity index (χ4n) is 1.12. The lowest BCUT2D eigenvalue weighted by atomic mass is 10.2. The van der Waals surface area contributed by atoms with Gasteiger partial charge in [0.1, 0.15) is 0 Å². The van der Waals surface area contributed by atoms with Crippen molar-refractivity contribution in [1.29, 1.82) is 0 Å². The van der Waals surface area contributed by atoms with Gasteiger partial charge in [-0.05, 0) is 24.3 Å². The molecule has 0 aliphatic carbocycles. The van der Waals surface area contributed by atoms with Crippen molar-refractivity contribution in [3.05, 3.63) is 40.7 Å². The fourth-order valence-corrected chi connectivity index (χ4v) is 1.64. The highest BCUT2D eigenvalue weighted by Crippen LogP contribution is 2.25. The van der Waals surface area contributed by atoms with Gasteiger partial charge in [-0.1, -0.05) is 34.9 Å². The van der Waals surface area contributed by atoms with Crippen LogP contribution < -0.4 is 0 Å². The maximum Gasteiger partial charge on any atom is 0.250 e. The molecule has 0 unspecified atom stereocenters. The third-order valence-electron chi connectivity index (χ3n) is 1.74. The first-order chi connectivity index (χ1) is 7.19. The van der Waals surface area contributed by atoms with Gasteiger partial charge in [-0.2, -0.15) is 4.98 Å². The molecular formula is C10H6Cl2N2O. The molecule has 0 aliphatic heterocycles. The number of halogens is 2. The summed E-state index contributed by atoms with van der Waals surface area (Å²) in [7, 11) is 0. The van der Waals surface area contributed by atoms with E-state index in [-0.39, 0.29) is 0 Å². The van der Waals surface area contributed by atoms with Crippen molar-refractivity contribution in [1.82, 2.24) is 10.1 Å². The van der Waals surface area contributed by atoms with Crippen molar-refractivity contribution in [3.8, 4) is 11.4 Å². The Bertz CT molecular complexity index is 488. The summed E-state index contributed by atoms with van der Waals surface area (Å²) in [6.45, 7) is 3.52. The van der Waals surface area contributed by atoms with Crippen LogP contribution in [0.15, 0.2) is 29.3 Å². The number of aromatic nitrogens is 2. The Morgan fingerprint density at radius 2 is 1.87 bits per heavy atom. The van der Waals surface area contributed by atoms with Gasteiger partial charge in [0.05, 0.1) is 0 Å². The van der Waals surface area contributed by atoms with Gasteiger partial charge < -0.3 is 4.52 Å². The number of benzene rings is 1. The van der Waals surface area contributed by atoms with E-state index >= 15 is 0 Å². The number of hydrogen-bond acceptors (Lipinski definition) is 3. The van der Waals surface area contributed by atoms with E-state index in [4.69, 9.17) is 27.7 Å². The van der Waals surface area contributed by atoms with Crippen molar-refractivity contribution in [3.63, 3.8) is 0 Å². The molecule has 0 saturated carbocycles. The zero-order valence-corrected chi connectivity index (χ0v) is 9.09. The molecule has 0 atom stereocenters. The smallest absolute Gasteiger partial charge is 0.250 e. The molecule has 0 N–H and O–H groups in total. The highest BCUT2D eigenvalue weighted by Gasteiger charge is 2.07. The Kier molecular flexibility index (Phi) is 2.75. The standard InChI is InChI=1S/C10H6Cl2N2O/c1-2-9-13-10(14-15-9)6-3-7(11)5-8(12)4-6/h2-5H,1H2. The maximum absolute atomic E-state index is 5.85. The number of nitrogens with zero attached hydrogens (tertiary/aromatic N) is 2. The molecule has 0 aliphatic rings. The summed E-state index contributed by atoms with van der Waals surface area (Å²) in [6, 6.07) is 5.07. The normalized spacial score (nSPS) is 10.3. The summed E-state index contributed by atoms with van der Waals surface area (Å²) in [5, 5.41) is 4.82. The van der Waals surface area contributed by atoms with Gasteiger partial charge in [-0.25, -0.2) is 0 Å². The minimum Gasteiger partial charge on any atom is -0.334 e. The zero-order valence-electron chi connectivity index (χ0n) is 7.58. The molecule has 0 amide bonds. The quantitative estimate of drug-likeness (QED) is 0.804. The minimum absolute atomic E-state index is 0.362. The molecule has 0 radical (unpaired) electrons. The molecule has 1 aromatic carbocycles. The molecule has 2 rings (SSSR count). The largest absolute Gasteiger partial charge is 0.334 e. The van der Waals surface area contributed by atoms with Gasteiger partial charge in [0, 0.05) is 15.6 Å². The molecule has 76 valence electrons. The van der Waals surface area contributed by atoms with Crippen molar-refractivity contribution in [2.24, 2.45) is 0 Å². The van der Waals surface area contributed by atoms with E-state index in [0.29, 0.717) is 27.3 Å². The lowest BCUT2D eigenvalue weighted by molar-refractivity contribution is 0.411. The monoisotopic (exact) mass is 240 g/mol. The Morgan fingerprint density at radius 3 is 2.40 bits per heavy atom. The van der Waals surface area contributed by atoms with Crippen molar-refractivity contribution in [2.75, 3.05) is 0 Å². The molecule has 5 heteroatoms. The molecule has 0 spiro atoms. The molecular weight excluding hydrogens is 235 g/mol. The van der Waals surface area contributed by atoms with Crippen LogP contribution in [0.3, 0.4) is 0 Å². The Balaban J connectivity index is 2.48. The molecule has 1 aromatic heterocycles. The van der Waals surface area contributed by atoms with Crippen LogP contribution in [0.5, 0.6) is 0 Å². The van der Waals surface area contributed by atoms with Crippen molar-refractivity contribution < 1.29 is 4.52 Å². The summed E-state index contributed by atoms with van der Waals surface area (Å²) >= 11 is 11.7. The summed E-state index contributed by atoms with van der Waals surface area (Å²) < 4.78 is 4.88. The van der Waals surface area contributed by atoms with Crippen LogP contribution in [-0.2, 0) is 0 Å². The first-order valence-electron chi connectivity index (χ1n) is 4.11. The molecule has 1 heterocycles. The lowest BCUT2D eigenvalue weighted by Crippen LogP contribution is -1.81. The van der Waals surface area contributed by atoms with Crippen molar-refractivity contribution >= 4 is 29.3 Å². The Labute approximate surface area is 96.3 Å². The van der Waals surface area contributed by atoms with E-state index in [9.17, 15) is 0 Å². The molecule has 3 nitrogen and oxygen atoms in total. The molecule has 0 saturated heterocycles.